The van der Waals surface area contributed by atoms with Crippen LogP contribution in [0.25, 0.3) is 22.2 Å². The third-order valence-electron chi connectivity index (χ3n) is 5.84. The van der Waals surface area contributed by atoms with E-state index in [0.29, 0.717) is 35.3 Å². The summed E-state index contributed by atoms with van der Waals surface area (Å²) in [5.74, 6) is 1.18. The van der Waals surface area contributed by atoms with Gasteiger partial charge < -0.3 is 9.30 Å². The molecule has 7 nitrogen and oxygen atoms in total. The number of nitrogens with zero attached hydrogens (tertiary/aromatic N) is 3. The quantitative estimate of drug-likeness (QED) is 0.266. The van der Waals surface area contributed by atoms with Crippen LogP contribution in [0.5, 0.6) is 11.6 Å². The first-order valence-corrected chi connectivity index (χ1v) is 13.8. The van der Waals surface area contributed by atoms with Gasteiger partial charge in [-0.3, -0.25) is 4.72 Å². The second kappa shape index (κ2) is 9.36. The maximum Gasteiger partial charge on any atom is 0.233 e. The SMILES string of the molecule is CCCS(=O)(=O)Nc1ccc(-c2c(C#N)c3ccc(Oc4ncccc4Br)cc3n2C2CC2)cc1. The summed E-state index contributed by atoms with van der Waals surface area (Å²) < 4.78 is 35.9. The molecule has 0 spiro atoms. The lowest BCUT2D eigenvalue weighted by Crippen LogP contribution is -2.15. The first-order chi connectivity index (χ1) is 16.9. The van der Waals surface area contributed by atoms with Crippen LogP contribution in [0.1, 0.15) is 37.8 Å². The number of rotatable bonds is 8. The predicted octanol–water partition coefficient (Wildman–Crippen LogP) is 6.62. The average Bonchev–Trinajstić information content (AvgIpc) is 3.62. The number of nitriles is 1. The Balaban J connectivity index is 1.57. The van der Waals surface area contributed by atoms with E-state index in [1.807, 2.05) is 49.4 Å². The topological polar surface area (TPSA) is 97.0 Å². The fourth-order valence-electron chi connectivity index (χ4n) is 4.22. The Morgan fingerprint density at radius 1 is 1.20 bits per heavy atom. The molecule has 0 aliphatic heterocycles. The van der Waals surface area contributed by atoms with Gasteiger partial charge in [0.15, 0.2) is 0 Å². The fourth-order valence-corrected chi connectivity index (χ4v) is 5.69. The van der Waals surface area contributed by atoms with E-state index in [-0.39, 0.29) is 5.75 Å². The normalized spacial score (nSPS) is 13.5. The number of halogens is 1. The summed E-state index contributed by atoms with van der Waals surface area (Å²) in [6, 6.07) is 19.3. The Morgan fingerprint density at radius 3 is 2.63 bits per heavy atom. The smallest absolute Gasteiger partial charge is 0.233 e. The Labute approximate surface area is 212 Å². The van der Waals surface area contributed by atoms with E-state index in [1.54, 1.807) is 18.3 Å². The summed E-state index contributed by atoms with van der Waals surface area (Å²) in [6.07, 6.45) is 4.29. The van der Waals surface area contributed by atoms with Crippen LogP contribution in [0.15, 0.2) is 65.3 Å². The van der Waals surface area contributed by atoms with Crippen molar-refractivity contribution in [3.8, 4) is 29.0 Å². The van der Waals surface area contributed by atoms with Gasteiger partial charge >= 0.3 is 0 Å². The molecular formula is C26H23BrN4O3S. The van der Waals surface area contributed by atoms with Crippen molar-refractivity contribution in [3.05, 3.63) is 70.8 Å². The summed E-state index contributed by atoms with van der Waals surface area (Å²) in [6.45, 7) is 1.83. The number of hydrogen-bond donors (Lipinski definition) is 1. The first-order valence-electron chi connectivity index (χ1n) is 11.4. The van der Waals surface area contributed by atoms with E-state index in [4.69, 9.17) is 4.74 Å². The molecule has 1 fully saturated rings. The Hall–Kier alpha value is -3.35. The third-order valence-corrected chi connectivity index (χ3v) is 7.94. The van der Waals surface area contributed by atoms with E-state index in [9.17, 15) is 13.7 Å². The fraction of sp³-hybridized carbons (Fsp3) is 0.231. The number of ether oxygens (including phenoxy) is 1. The average molecular weight is 551 g/mol. The van der Waals surface area contributed by atoms with Crippen molar-refractivity contribution in [2.75, 3.05) is 10.5 Å². The Bertz CT molecular complexity index is 1550. The van der Waals surface area contributed by atoms with Gasteiger partial charge in [-0.25, -0.2) is 13.4 Å². The van der Waals surface area contributed by atoms with Gasteiger partial charge in [-0.1, -0.05) is 19.1 Å². The summed E-state index contributed by atoms with van der Waals surface area (Å²) in [5.41, 5.74) is 3.72. The molecule has 4 aromatic rings. The molecule has 2 heterocycles. The lowest BCUT2D eigenvalue weighted by molar-refractivity contribution is 0.460. The number of pyridine rings is 1. The van der Waals surface area contributed by atoms with Crippen LogP contribution >= 0.6 is 15.9 Å². The lowest BCUT2D eigenvalue weighted by atomic mass is 10.1. The zero-order chi connectivity index (χ0) is 24.6. The molecule has 1 saturated carbocycles. The number of hydrogen-bond acceptors (Lipinski definition) is 5. The van der Waals surface area contributed by atoms with Crippen molar-refractivity contribution in [1.29, 1.82) is 5.26 Å². The van der Waals surface area contributed by atoms with Crippen molar-refractivity contribution in [2.24, 2.45) is 0 Å². The first kappa shape index (κ1) is 23.4. The lowest BCUT2D eigenvalue weighted by Gasteiger charge is -2.12. The molecule has 9 heteroatoms. The van der Waals surface area contributed by atoms with Gasteiger partial charge in [0.25, 0.3) is 0 Å². The minimum absolute atomic E-state index is 0.0722. The summed E-state index contributed by atoms with van der Waals surface area (Å²) in [7, 11) is -3.37. The van der Waals surface area contributed by atoms with E-state index < -0.39 is 10.0 Å². The highest BCUT2D eigenvalue weighted by Gasteiger charge is 2.31. The summed E-state index contributed by atoms with van der Waals surface area (Å²) in [4.78, 5) is 4.28. The molecule has 1 N–H and O–H groups in total. The molecule has 35 heavy (non-hydrogen) atoms. The van der Waals surface area contributed by atoms with Gasteiger partial charge in [-0.15, -0.1) is 0 Å². The molecule has 2 aromatic carbocycles. The second-order valence-corrected chi connectivity index (χ2v) is 11.2. The minimum atomic E-state index is -3.37. The van der Waals surface area contributed by atoms with Gasteiger partial charge in [0, 0.05) is 29.4 Å². The minimum Gasteiger partial charge on any atom is -0.438 e. The number of fused-ring (bicyclic) bond motifs is 1. The largest absolute Gasteiger partial charge is 0.438 e. The molecule has 2 aromatic heterocycles. The number of benzene rings is 2. The van der Waals surface area contributed by atoms with Crippen molar-refractivity contribution in [2.45, 2.75) is 32.2 Å². The van der Waals surface area contributed by atoms with Crippen molar-refractivity contribution >= 4 is 42.5 Å². The number of sulfonamides is 1. The van der Waals surface area contributed by atoms with Crippen LogP contribution in [-0.4, -0.2) is 23.7 Å². The van der Waals surface area contributed by atoms with Gasteiger partial charge in [0.2, 0.25) is 15.9 Å². The highest BCUT2D eigenvalue weighted by molar-refractivity contribution is 9.10. The maximum atomic E-state index is 12.1. The predicted molar refractivity (Wildman–Crippen MR) is 140 cm³/mol. The molecule has 5 rings (SSSR count). The maximum absolute atomic E-state index is 12.1. The van der Waals surface area contributed by atoms with Crippen LogP contribution in [0.4, 0.5) is 5.69 Å². The Kier molecular flexibility index (Phi) is 6.26. The monoisotopic (exact) mass is 550 g/mol. The van der Waals surface area contributed by atoms with Gasteiger partial charge in [0.05, 0.1) is 27.0 Å². The van der Waals surface area contributed by atoms with E-state index in [1.165, 1.54) is 0 Å². The Morgan fingerprint density at radius 2 is 1.97 bits per heavy atom. The molecular weight excluding hydrogens is 528 g/mol. The molecule has 1 aliphatic rings. The van der Waals surface area contributed by atoms with Gasteiger partial charge in [-0.05, 0) is 77.2 Å². The highest BCUT2D eigenvalue weighted by atomic mass is 79.9. The molecule has 0 atom stereocenters. The van der Waals surface area contributed by atoms with Gasteiger partial charge in [0.1, 0.15) is 11.8 Å². The van der Waals surface area contributed by atoms with Crippen molar-refractivity contribution in [1.82, 2.24) is 9.55 Å². The van der Waals surface area contributed by atoms with Crippen LogP contribution in [-0.2, 0) is 10.0 Å². The van der Waals surface area contributed by atoms with E-state index in [2.05, 4.69) is 36.3 Å². The molecule has 1 aliphatic carbocycles. The van der Waals surface area contributed by atoms with Crippen LogP contribution in [0, 0.1) is 11.3 Å². The summed E-state index contributed by atoms with van der Waals surface area (Å²) >= 11 is 3.46. The van der Waals surface area contributed by atoms with E-state index >= 15 is 0 Å². The molecule has 0 radical (unpaired) electrons. The zero-order valence-electron chi connectivity index (χ0n) is 19.0. The highest BCUT2D eigenvalue weighted by Crippen LogP contribution is 2.45. The van der Waals surface area contributed by atoms with Gasteiger partial charge in [-0.2, -0.15) is 5.26 Å². The van der Waals surface area contributed by atoms with Crippen molar-refractivity contribution in [3.63, 3.8) is 0 Å². The van der Waals surface area contributed by atoms with E-state index in [0.717, 1.165) is 39.5 Å². The van der Waals surface area contributed by atoms with Crippen molar-refractivity contribution < 1.29 is 13.2 Å². The molecule has 178 valence electrons. The molecule has 0 saturated heterocycles. The molecule has 0 bridgehead atoms. The van der Waals surface area contributed by atoms with Crippen LogP contribution < -0.4 is 9.46 Å². The molecule has 0 amide bonds. The number of anilines is 1. The zero-order valence-corrected chi connectivity index (χ0v) is 21.4. The van der Waals surface area contributed by atoms with Crippen LogP contribution in [0.2, 0.25) is 0 Å². The standard InChI is InChI=1S/C26H23BrN4O3S/c1-2-14-35(32,33)30-18-7-5-17(6-8-18)25-22(16-28)21-12-11-20(15-24(21)31(25)19-9-10-19)34-26-23(27)4-3-13-29-26/h3-8,11-13,15,19,30H,2,9-10,14H2,1H3. The van der Waals surface area contributed by atoms with Crippen LogP contribution in [0.3, 0.4) is 0 Å². The number of aromatic nitrogens is 2. The summed E-state index contributed by atoms with van der Waals surface area (Å²) in [5, 5.41) is 11.0. The second-order valence-electron chi connectivity index (χ2n) is 8.51. The molecule has 0 unspecified atom stereocenters. The number of nitrogens with one attached hydrogen (secondary N) is 1. The third kappa shape index (κ3) is 4.77.